The van der Waals surface area contributed by atoms with Crippen LogP contribution < -0.4 is 5.32 Å². The van der Waals surface area contributed by atoms with E-state index in [1.54, 1.807) is 36.8 Å². The Morgan fingerprint density at radius 3 is 2.65 bits per heavy atom. The Hall–Kier alpha value is -2.76. The van der Waals surface area contributed by atoms with E-state index in [9.17, 15) is 9.59 Å². The van der Waals surface area contributed by atoms with Crippen LogP contribution in [-0.2, 0) is 17.6 Å². The minimum atomic E-state index is -0.0700. The molecule has 1 fully saturated rings. The van der Waals surface area contributed by atoms with Gasteiger partial charge in [0, 0.05) is 42.1 Å². The highest BCUT2D eigenvalue weighted by atomic mass is 16.2. The van der Waals surface area contributed by atoms with Crippen LogP contribution in [0.25, 0.3) is 0 Å². The van der Waals surface area contributed by atoms with Crippen molar-refractivity contribution in [2.45, 2.75) is 32.1 Å². The Balaban J connectivity index is 1.38. The number of carbonyl (C=O) groups is 2. The summed E-state index contributed by atoms with van der Waals surface area (Å²) in [7, 11) is 0. The highest BCUT2D eigenvalue weighted by Gasteiger charge is 2.25. The fraction of sp³-hybridized carbons (Fsp3) is 0.400. The van der Waals surface area contributed by atoms with Crippen molar-refractivity contribution in [3.8, 4) is 0 Å². The molecule has 1 aliphatic heterocycles. The van der Waals surface area contributed by atoms with E-state index in [-0.39, 0.29) is 17.7 Å². The molecule has 1 atom stereocenters. The zero-order chi connectivity index (χ0) is 17.9. The molecule has 2 amide bonds. The summed E-state index contributed by atoms with van der Waals surface area (Å²) in [4.78, 5) is 35.2. The van der Waals surface area contributed by atoms with Crippen molar-refractivity contribution in [3.63, 3.8) is 0 Å². The first-order chi connectivity index (χ1) is 12.7. The monoisotopic (exact) mass is 350 g/mol. The van der Waals surface area contributed by atoms with Crippen molar-refractivity contribution in [1.29, 1.82) is 0 Å². The first-order valence-corrected chi connectivity index (χ1v) is 9.18. The average Bonchev–Trinajstić information content (AvgIpc) is 3.22. The van der Waals surface area contributed by atoms with Gasteiger partial charge in [0.1, 0.15) is 6.33 Å². The van der Waals surface area contributed by atoms with E-state index >= 15 is 0 Å². The molecular formula is C20H22N4O2. The van der Waals surface area contributed by atoms with E-state index in [1.165, 1.54) is 0 Å². The van der Waals surface area contributed by atoms with Crippen LogP contribution in [0.3, 0.4) is 0 Å². The van der Waals surface area contributed by atoms with Crippen LogP contribution in [0.1, 0.15) is 40.9 Å². The Morgan fingerprint density at radius 1 is 1.12 bits per heavy atom. The van der Waals surface area contributed by atoms with Gasteiger partial charge in [-0.25, -0.2) is 9.97 Å². The second-order valence-electron chi connectivity index (χ2n) is 7.00. The molecule has 134 valence electrons. The van der Waals surface area contributed by atoms with Crippen molar-refractivity contribution in [1.82, 2.24) is 14.9 Å². The van der Waals surface area contributed by atoms with Gasteiger partial charge in [-0.15, -0.1) is 0 Å². The van der Waals surface area contributed by atoms with Crippen LogP contribution in [0.15, 0.2) is 36.8 Å². The zero-order valence-corrected chi connectivity index (χ0v) is 14.6. The number of benzene rings is 1. The summed E-state index contributed by atoms with van der Waals surface area (Å²) in [6.07, 6.45) is 7.80. The molecule has 26 heavy (non-hydrogen) atoms. The lowest BCUT2D eigenvalue weighted by Gasteiger charge is -2.22. The van der Waals surface area contributed by atoms with Crippen LogP contribution in [0.5, 0.6) is 0 Å². The fourth-order valence-corrected chi connectivity index (χ4v) is 3.72. The molecule has 1 aromatic heterocycles. The maximum absolute atomic E-state index is 12.6. The number of aryl methyl sites for hydroxylation is 1. The third-order valence-corrected chi connectivity index (χ3v) is 5.24. The fourth-order valence-electron chi connectivity index (χ4n) is 3.72. The summed E-state index contributed by atoms with van der Waals surface area (Å²) in [6, 6.07) is 7.20. The largest absolute Gasteiger partial charge is 0.339 e. The second-order valence-corrected chi connectivity index (χ2v) is 7.00. The van der Waals surface area contributed by atoms with E-state index in [4.69, 9.17) is 0 Å². The van der Waals surface area contributed by atoms with Gasteiger partial charge >= 0.3 is 0 Å². The third-order valence-electron chi connectivity index (χ3n) is 5.24. The SMILES string of the molecule is O=C(Nc1ccc(C(=O)N2CCCC2)cc1)C1CCc2ncncc2C1. The highest BCUT2D eigenvalue weighted by Crippen LogP contribution is 2.25. The Morgan fingerprint density at radius 2 is 1.88 bits per heavy atom. The van der Waals surface area contributed by atoms with Crippen molar-refractivity contribution < 1.29 is 9.59 Å². The van der Waals surface area contributed by atoms with E-state index < -0.39 is 0 Å². The molecule has 1 saturated heterocycles. The number of aromatic nitrogens is 2. The van der Waals surface area contributed by atoms with Crippen LogP contribution >= 0.6 is 0 Å². The summed E-state index contributed by atoms with van der Waals surface area (Å²) < 4.78 is 0. The first kappa shape index (κ1) is 16.7. The minimum absolute atomic E-state index is 0.0122. The number of rotatable bonds is 3. The smallest absolute Gasteiger partial charge is 0.253 e. The number of hydrogen-bond acceptors (Lipinski definition) is 4. The number of likely N-dealkylation sites (tertiary alicyclic amines) is 1. The standard InChI is InChI=1S/C20H22N4O2/c25-19(15-5-8-18-16(11-15)12-21-13-22-18)23-17-6-3-14(4-7-17)20(26)24-9-1-2-10-24/h3-4,6-7,12-13,15H,1-2,5,8-11H2,(H,23,25). The molecule has 6 heteroatoms. The molecule has 2 heterocycles. The molecule has 0 radical (unpaired) electrons. The Kier molecular flexibility index (Phi) is 4.65. The number of carbonyl (C=O) groups excluding carboxylic acids is 2. The van der Waals surface area contributed by atoms with Gasteiger partial charge in [-0.3, -0.25) is 9.59 Å². The number of hydrogen-bond donors (Lipinski definition) is 1. The van der Waals surface area contributed by atoms with Gasteiger partial charge in [-0.05, 0) is 61.9 Å². The van der Waals surface area contributed by atoms with E-state index in [0.29, 0.717) is 12.0 Å². The van der Waals surface area contributed by atoms with Crippen molar-refractivity contribution in [2.24, 2.45) is 5.92 Å². The van der Waals surface area contributed by atoms with Crippen LogP contribution in [0, 0.1) is 5.92 Å². The minimum Gasteiger partial charge on any atom is -0.339 e. The van der Waals surface area contributed by atoms with Crippen molar-refractivity contribution in [2.75, 3.05) is 18.4 Å². The second kappa shape index (κ2) is 7.23. The molecular weight excluding hydrogens is 328 g/mol. The maximum atomic E-state index is 12.6. The number of nitrogens with one attached hydrogen (secondary N) is 1. The Bertz CT molecular complexity index is 813. The average molecular weight is 350 g/mol. The molecule has 2 aliphatic rings. The molecule has 6 nitrogen and oxygen atoms in total. The van der Waals surface area contributed by atoms with Gasteiger partial charge in [0.15, 0.2) is 0 Å². The van der Waals surface area contributed by atoms with E-state index in [1.807, 2.05) is 4.90 Å². The Labute approximate surface area is 152 Å². The number of anilines is 1. The van der Waals surface area contributed by atoms with Gasteiger partial charge < -0.3 is 10.2 Å². The summed E-state index contributed by atoms with van der Waals surface area (Å²) in [5.41, 5.74) is 3.51. The molecule has 2 aromatic rings. The summed E-state index contributed by atoms with van der Waals surface area (Å²) in [5, 5.41) is 2.97. The lowest BCUT2D eigenvalue weighted by molar-refractivity contribution is -0.120. The van der Waals surface area contributed by atoms with Gasteiger partial charge in [-0.1, -0.05) is 0 Å². The molecule has 1 unspecified atom stereocenters. The molecule has 0 bridgehead atoms. The lowest BCUT2D eigenvalue weighted by atomic mass is 9.86. The quantitative estimate of drug-likeness (QED) is 0.923. The molecule has 4 rings (SSSR count). The molecule has 0 saturated carbocycles. The maximum Gasteiger partial charge on any atom is 0.253 e. The lowest BCUT2D eigenvalue weighted by Crippen LogP contribution is -2.29. The van der Waals surface area contributed by atoms with Gasteiger partial charge in [0.05, 0.1) is 0 Å². The number of fused-ring (bicyclic) bond motifs is 1. The third kappa shape index (κ3) is 3.45. The van der Waals surface area contributed by atoms with Crippen molar-refractivity contribution in [3.05, 3.63) is 53.6 Å². The van der Waals surface area contributed by atoms with Crippen molar-refractivity contribution >= 4 is 17.5 Å². The predicted octanol–water partition coefficient (Wildman–Crippen LogP) is 2.46. The zero-order valence-electron chi connectivity index (χ0n) is 14.6. The van der Waals surface area contributed by atoms with Crippen LogP contribution in [-0.4, -0.2) is 39.8 Å². The normalized spacial score (nSPS) is 19.1. The highest BCUT2D eigenvalue weighted by molar-refractivity contribution is 5.96. The van der Waals surface area contributed by atoms with Gasteiger partial charge in [0.2, 0.25) is 5.91 Å². The summed E-state index contributed by atoms with van der Waals surface area (Å²) >= 11 is 0. The molecule has 1 aromatic carbocycles. The van der Waals surface area contributed by atoms with E-state index in [0.717, 1.165) is 55.7 Å². The molecule has 1 N–H and O–H groups in total. The molecule has 1 aliphatic carbocycles. The van der Waals surface area contributed by atoms with E-state index in [2.05, 4.69) is 15.3 Å². The van der Waals surface area contributed by atoms with Crippen LogP contribution in [0.2, 0.25) is 0 Å². The summed E-state index contributed by atoms with van der Waals surface area (Å²) in [6.45, 7) is 1.67. The van der Waals surface area contributed by atoms with Gasteiger partial charge in [-0.2, -0.15) is 0 Å². The van der Waals surface area contributed by atoms with Crippen LogP contribution in [0.4, 0.5) is 5.69 Å². The molecule has 0 spiro atoms. The van der Waals surface area contributed by atoms with Gasteiger partial charge in [0.25, 0.3) is 5.91 Å². The first-order valence-electron chi connectivity index (χ1n) is 9.18. The predicted molar refractivity (Wildman–Crippen MR) is 97.8 cm³/mol. The summed E-state index contributed by atoms with van der Waals surface area (Å²) in [5.74, 6) is 0.0156. The number of nitrogens with zero attached hydrogens (tertiary/aromatic N) is 3. The number of amides is 2. The topological polar surface area (TPSA) is 75.2 Å².